The average molecular weight is 444 g/mol. The highest BCUT2D eigenvalue weighted by Gasteiger charge is 2.42. The summed E-state index contributed by atoms with van der Waals surface area (Å²) in [6.07, 6.45) is 0.353. The first kappa shape index (κ1) is 18.8. The summed E-state index contributed by atoms with van der Waals surface area (Å²) in [7, 11) is 0. The normalized spacial score (nSPS) is 20.0. The molecule has 146 valence electrons. The van der Waals surface area contributed by atoms with Crippen LogP contribution in [0.25, 0.3) is 0 Å². The number of halogens is 3. The van der Waals surface area contributed by atoms with Gasteiger partial charge in [0.1, 0.15) is 5.75 Å². The third kappa shape index (κ3) is 3.38. The Morgan fingerprint density at radius 2 is 1.66 bits per heavy atom. The Balaban J connectivity index is 1.62. The number of rotatable bonds is 2. The van der Waals surface area contributed by atoms with Gasteiger partial charge in [-0.2, -0.15) is 5.10 Å². The topological polar surface area (TPSA) is 24.8 Å². The van der Waals surface area contributed by atoms with Crippen molar-refractivity contribution in [2.24, 2.45) is 5.10 Å². The van der Waals surface area contributed by atoms with E-state index in [1.54, 1.807) is 6.07 Å². The van der Waals surface area contributed by atoms with Crippen molar-refractivity contribution in [3.63, 3.8) is 0 Å². The standard InChI is InChI=1S/C23H17Cl3N2O/c1-13-2-4-14(5-3-13)20-12-21-18-10-17(25)11-19(26)22(18)29-23(28(21)27-20)15-6-8-16(24)9-7-15/h2-11,21,23H,12H2,1H3/t21-,23-/m1/s1. The van der Waals surface area contributed by atoms with Gasteiger partial charge in [-0.3, -0.25) is 0 Å². The van der Waals surface area contributed by atoms with Gasteiger partial charge in [0.05, 0.1) is 16.8 Å². The zero-order chi connectivity index (χ0) is 20.1. The van der Waals surface area contributed by atoms with Crippen LogP contribution in [0.4, 0.5) is 0 Å². The largest absolute Gasteiger partial charge is 0.463 e. The Morgan fingerprint density at radius 1 is 0.931 bits per heavy atom. The molecule has 3 aromatic rings. The van der Waals surface area contributed by atoms with Crippen LogP contribution < -0.4 is 4.74 Å². The molecule has 29 heavy (non-hydrogen) atoms. The predicted molar refractivity (Wildman–Crippen MR) is 118 cm³/mol. The highest BCUT2D eigenvalue weighted by Crippen LogP contribution is 2.50. The van der Waals surface area contributed by atoms with Crippen LogP contribution in [0.5, 0.6) is 5.75 Å². The van der Waals surface area contributed by atoms with Gasteiger partial charge in [-0.05, 0) is 36.8 Å². The van der Waals surface area contributed by atoms with Crippen LogP contribution in [0.3, 0.4) is 0 Å². The Kier molecular flexibility index (Phi) is 4.70. The molecule has 0 fully saturated rings. The van der Waals surface area contributed by atoms with Crippen LogP contribution in [0, 0.1) is 6.92 Å². The summed E-state index contributed by atoms with van der Waals surface area (Å²) in [4.78, 5) is 0. The van der Waals surface area contributed by atoms with Crippen LogP contribution in [0.1, 0.15) is 40.9 Å². The van der Waals surface area contributed by atoms with Crippen LogP contribution >= 0.6 is 34.8 Å². The Bertz CT molecular complexity index is 1110. The van der Waals surface area contributed by atoms with E-state index >= 15 is 0 Å². The number of hydrogen-bond acceptors (Lipinski definition) is 3. The van der Waals surface area contributed by atoms with Gasteiger partial charge >= 0.3 is 0 Å². The zero-order valence-electron chi connectivity index (χ0n) is 15.6. The van der Waals surface area contributed by atoms with E-state index in [0.29, 0.717) is 20.8 Å². The van der Waals surface area contributed by atoms with Crippen molar-refractivity contribution >= 4 is 40.5 Å². The number of benzene rings is 3. The number of aryl methyl sites for hydroxylation is 1. The molecule has 0 spiro atoms. The summed E-state index contributed by atoms with van der Waals surface area (Å²) in [5.41, 5.74) is 5.26. The van der Waals surface area contributed by atoms with Gasteiger partial charge in [-0.15, -0.1) is 0 Å². The molecule has 0 bridgehead atoms. The molecule has 0 radical (unpaired) electrons. The highest BCUT2D eigenvalue weighted by molar-refractivity contribution is 6.35. The van der Waals surface area contributed by atoms with Gasteiger partial charge < -0.3 is 4.74 Å². The highest BCUT2D eigenvalue weighted by atomic mass is 35.5. The first-order chi connectivity index (χ1) is 14.0. The van der Waals surface area contributed by atoms with E-state index in [9.17, 15) is 0 Å². The van der Waals surface area contributed by atoms with Crippen LogP contribution in [-0.4, -0.2) is 10.7 Å². The molecular weight excluding hydrogens is 427 g/mol. The molecule has 0 aromatic heterocycles. The van der Waals surface area contributed by atoms with E-state index in [1.165, 1.54) is 5.56 Å². The van der Waals surface area contributed by atoms with Gasteiger partial charge in [0, 0.05) is 27.6 Å². The minimum absolute atomic E-state index is 0.00747. The first-order valence-electron chi connectivity index (χ1n) is 9.33. The minimum atomic E-state index is -0.397. The third-order valence-corrected chi connectivity index (χ3v) is 6.10. The molecule has 0 unspecified atom stereocenters. The fraction of sp³-hybridized carbons (Fsp3) is 0.174. The molecule has 0 aliphatic carbocycles. The molecule has 2 aliphatic heterocycles. The number of hydrogen-bond donors (Lipinski definition) is 0. The molecule has 0 N–H and O–H groups in total. The van der Waals surface area contributed by atoms with Gasteiger partial charge in [-0.25, -0.2) is 5.01 Å². The predicted octanol–water partition coefficient (Wildman–Crippen LogP) is 7.20. The van der Waals surface area contributed by atoms with Crippen molar-refractivity contribution in [1.29, 1.82) is 0 Å². The lowest BCUT2D eigenvalue weighted by Crippen LogP contribution is -2.33. The van der Waals surface area contributed by atoms with Gasteiger partial charge in [0.25, 0.3) is 0 Å². The molecule has 0 amide bonds. The lowest BCUT2D eigenvalue weighted by molar-refractivity contribution is -0.0189. The van der Waals surface area contributed by atoms with Crippen molar-refractivity contribution in [2.45, 2.75) is 25.6 Å². The number of fused-ring (bicyclic) bond motifs is 3. The van der Waals surface area contributed by atoms with Crippen LogP contribution in [0.15, 0.2) is 65.8 Å². The van der Waals surface area contributed by atoms with Crippen molar-refractivity contribution < 1.29 is 4.74 Å². The van der Waals surface area contributed by atoms with Gasteiger partial charge in [0.15, 0.2) is 0 Å². The van der Waals surface area contributed by atoms with Crippen molar-refractivity contribution in [2.75, 3.05) is 0 Å². The van der Waals surface area contributed by atoms with E-state index in [-0.39, 0.29) is 6.04 Å². The van der Waals surface area contributed by atoms with E-state index in [4.69, 9.17) is 44.6 Å². The van der Waals surface area contributed by atoms with Crippen LogP contribution in [-0.2, 0) is 0 Å². The lowest BCUT2D eigenvalue weighted by atomic mass is 9.95. The molecule has 5 rings (SSSR count). The van der Waals surface area contributed by atoms with Crippen molar-refractivity contribution in [3.05, 3.63) is 98.0 Å². The fourth-order valence-corrected chi connectivity index (χ4v) is 4.56. The molecule has 3 nitrogen and oxygen atoms in total. The van der Waals surface area contributed by atoms with Crippen molar-refractivity contribution in [1.82, 2.24) is 5.01 Å². The first-order valence-corrected chi connectivity index (χ1v) is 10.5. The molecular formula is C23H17Cl3N2O. The van der Waals surface area contributed by atoms with Gasteiger partial charge in [0.2, 0.25) is 6.23 Å². The number of nitrogens with zero attached hydrogens (tertiary/aromatic N) is 2. The van der Waals surface area contributed by atoms with Gasteiger partial charge in [-0.1, -0.05) is 76.8 Å². The summed E-state index contributed by atoms with van der Waals surface area (Å²) in [6, 6.07) is 19.7. The SMILES string of the molecule is Cc1ccc(C2=NN3[C@H](C2)c2cc(Cl)cc(Cl)c2O[C@@H]3c2ccc(Cl)cc2)cc1. The minimum Gasteiger partial charge on any atom is -0.463 e. The Hall–Kier alpha value is -2.20. The maximum absolute atomic E-state index is 6.50. The molecule has 0 saturated heterocycles. The second kappa shape index (κ2) is 7.24. The Labute approximate surface area is 184 Å². The summed E-state index contributed by atoms with van der Waals surface area (Å²) < 4.78 is 6.35. The zero-order valence-corrected chi connectivity index (χ0v) is 17.8. The third-order valence-electron chi connectivity index (χ3n) is 5.35. The second-order valence-electron chi connectivity index (χ2n) is 7.34. The van der Waals surface area contributed by atoms with E-state index in [0.717, 1.165) is 28.8 Å². The van der Waals surface area contributed by atoms with E-state index in [2.05, 4.69) is 31.2 Å². The quantitative estimate of drug-likeness (QED) is 0.418. The molecule has 3 aromatic carbocycles. The summed E-state index contributed by atoms with van der Waals surface area (Å²) in [6.45, 7) is 2.08. The molecule has 0 saturated carbocycles. The smallest absolute Gasteiger partial charge is 0.213 e. The van der Waals surface area contributed by atoms with Crippen LogP contribution in [0.2, 0.25) is 15.1 Å². The summed E-state index contributed by atoms with van der Waals surface area (Å²) >= 11 is 18.9. The summed E-state index contributed by atoms with van der Waals surface area (Å²) in [5.74, 6) is 0.664. The van der Waals surface area contributed by atoms with E-state index < -0.39 is 6.23 Å². The maximum atomic E-state index is 6.50. The molecule has 2 atom stereocenters. The lowest BCUT2D eigenvalue weighted by Gasteiger charge is -2.38. The number of hydrazone groups is 1. The van der Waals surface area contributed by atoms with Crippen molar-refractivity contribution in [3.8, 4) is 5.75 Å². The number of ether oxygens (including phenoxy) is 1. The molecule has 2 aliphatic rings. The monoisotopic (exact) mass is 442 g/mol. The van der Waals surface area contributed by atoms with E-state index in [1.807, 2.05) is 35.3 Å². The molecule has 2 heterocycles. The molecule has 6 heteroatoms. The summed E-state index contributed by atoms with van der Waals surface area (Å²) in [5, 5.41) is 8.74. The Morgan fingerprint density at radius 3 is 2.38 bits per heavy atom. The maximum Gasteiger partial charge on any atom is 0.213 e. The fourth-order valence-electron chi connectivity index (χ4n) is 3.88. The second-order valence-corrected chi connectivity index (χ2v) is 8.62. The average Bonchev–Trinajstić information content (AvgIpc) is 3.14.